The number of likely N-dealkylation sites (N-methyl/N-ethyl adjacent to an activating group) is 1. The maximum absolute atomic E-state index is 5.78. The van der Waals surface area contributed by atoms with Gasteiger partial charge >= 0.3 is 0 Å². The van der Waals surface area contributed by atoms with E-state index in [-0.39, 0.29) is 0 Å². The average molecular weight is 244 g/mol. The van der Waals surface area contributed by atoms with Gasteiger partial charge in [-0.05, 0) is 55.8 Å². The van der Waals surface area contributed by atoms with Crippen LogP contribution in [0.2, 0.25) is 0 Å². The van der Waals surface area contributed by atoms with Gasteiger partial charge in [0.1, 0.15) is 0 Å². The van der Waals surface area contributed by atoms with E-state index in [1.54, 1.807) is 0 Å². The van der Waals surface area contributed by atoms with E-state index in [0.29, 0.717) is 5.41 Å². The quantitative estimate of drug-likeness (QED) is 0.779. The van der Waals surface area contributed by atoms with Crippen LogP contribution in [0.4, 0.5) is 5.69 Å². The topological polar surface area (TPSA) is 29.3 Å². The Hall–Kier alpha value is -1.02. The van der Waals surface area contributed by atoms with E-state index < -0.39 is 0 Å². The summed E-state index contributed by atoms with van der Waals surface area (Å²) in [6.07, 6.45) is 5.59. The highest BCUT2D eigenvalue weighted by Gasteiger charge is 2.45. The Morgan fingerprint density at radius 1 is 1.22 bits per heavy atom. The van der Waals surface area contributed by atoms with Gasteiger partial charge in [0.05, 0.1) is 0 Å². The Balaban J connectivity index is 1.67. The number of rotatable bonds is 6. The molecule has 0 aromatic heterocycles. The Labute approximate surface area is 110 Å². The maximum Gasteiger partial charge on any atom is 0.0314 e. The molecular formula is C16H24N2. The van der Waals surface area contributed by atoms with Crippen LogP contribution in [0.25, 0.3) is 0 Å². The Morgan fingerprint density at radius 3 is 2.39 bits per heavy atom. The highest BCUT2D eigenvalue weighted by molar-refractivity contribution is 5.43. The molecule has 3 rings (SSSR count). The molecular weight excluding hydrogens is 220 g/mol. The number of nitrogens with two attached hydrogens (primary N) is 1. The summed E-state index contributed by atoms with van der Waals surface area (Å²) in [6, 6.07) is 8.56. The lowest BCUT2D eigenvalue weighted by Crippen LogP contribution is -2.34. The first-order valence-electron chi connectivity index (χ1n) is 7.30. The van der Waals surface area contributed by atoms with Crippen LogP contribution in [0.1, 0.15) is 38.2 Å². The lowest BCUT2D eigenvalue weighted by molar-refractivity contribution is 0.251. The minimum absolute atomic E-state index is 0.443. The van der Waals surface area contributed by atoms with E-state index >= 15 is 0 Å². The van der Waals surface area contributed by atoms with Crippen LogP contribution in [0.3, 0.4) is 0 Å². The fourth-order valence-electron chi connectivity index (χ4n) is 2.92. The largest absolute Gasteiger partial charge is 0.399 e. The van der Waals surface area contributed by atoms with E-state index in [1.165, 1.54) is 50.9 Å². The highest BCUT2D eigenvalue weighted by Crippen LogP contribution is 2.49. The van der Waals surface area contributed by atoms with Crippen LogP contribution in [0.15, 0.2) is 24.3 Å². The SMILES string of the molecule is CCN(CC1CC1)CC1(c2ccc(N)cc2)CC1. The molecule has 2 nitrogen and oxygen atoms in total. The normalized spacial score (nSPS) is 21.2. The minimum Gasteiger partial charge on any atom is -0.399 e. The van der Waals surface area contributed by atoms with Gasteiger partial charge in [0.15, 0.2) is 0 Å². The molecule has 0 saturated heterocycles. The molecule has 2 heteroatoms. The summed E-state index contributed by atoms with van der Waals surface area (Å²) in [6.45, 7) is 6.03. The van der Waals surface area contributed by atoms with Gasteiger partial charge in [0.2, 0.25) is 0 Å². The summed E-state index contributed by atoms with van der Waals surface area (Å²) in [5.41, 5.74) is 8.59. The first kappa shape index (κ1) is 12.0. The van der Waals surface area contributed by atoms with Gasteiger partial charge < -0.3 is 10.6 Å². The molecule has 2 N–H and O–H groups in total. The van der Waals surface area contributed by atoms with E-state index in [2.05, 4.69) is 24.0 Å². The third-order valence-corrected chi connectivity index (χ3v) is 4.56. The number of hydrogen-bond acceptors (Lipinski definition) is 2. The third kappa shape index (κ3) is 2.54. The Morgan fingerprint density at radius 2 is 1.89 bits per heavy atom. The van der Waals surface area contributed by atoms with Crippen molar-refractivity contribution in [3.63, 3.8) is 0 Å². The Bertz CT molecular complexity index is 402. The summed E-state index contributed by atoms with van der Waals surface area (Å²) in [7, 11) is 0. The fourth-order valence-corrected chi connectivity index (χ4v) is 2.92. The molecule has 1 aromatic carbocycles. The molecule has 0 bridgehead atoms. The molecule has 0 atom stereocenters. The highest BCUT2D eigenvalue weighted by atomic mass is 15.1. The summed E-state index contributed by atoms with van der Waals surface area (Å²) in [5, 5.41) is 0. The van der Waals surface area contributed by atoms with Crippen LogP contribution >= 0.6 is 0 Å². The molecule has 2 fully saturated rings. The van der Waals surface area contributed by atoms with Crippen molar-refractivity contribution in [3.05, 3.63) is 29.8 Å². The van der Waals surface area contributed by atoms with Crippen LogP contribution in [0.5, 0.6) is 0 Å². The van der Waals surface area contributed by atoms with Crippen molar-refractivity contribution in [2.75, 3.05) is 25.4 Å². The molecule has 1 aromatic rings. The molecule has 0 spiro atoms. The second-order valence-corrected chi connectivity index (χ2v) is 6.17. The summed E-state index contributed by atoms with van der Waals surface area (Å²) in [5.74, 6) is 0.993. The zero-order chi connectivity index (χ0) is 12.6. The molecule has 0 unspecified atom stereocenters. The summed E-state index contributed by atoms with van der Waals surface area (Å²) in [4.78, 5) is 2.65. The van der Waals surface area contributed by atoms with Gasteiger partial charge in [-0.15, -0.1) is 0 Å². The molecule has 98 valence electrons. The van der Waals surface area contributed by atoms with E-state index in [0.717, 1.165) is 11.6 Å². The van der Waals surface area contributed by atoms with Gasteiger partial charge in [-0.25, -0.2) is 0 Å². The lowest BCUT2D eigenvalue weighted by atomic mass is 9.95. The van der Waals surface area contributed by atoms with Crippen molar-refractivity contribution in [2.45, 2.75) is 38.0 Å². The van der Waals surface area contributed by atoms with Crippen LogP contribution < -0.4 is 5.73 Å². The molecule has 0 amide bonds. The van der Waals surface area contributed by atoms with Crippen molar-refractivity contribution < 1.29 is 0 Å². The van der Waals surface area contributed by atoms with E-state index in [4.69, 9.17) is 5.73 Å². The van der Waals surface area contributed by atoms with E-state index in [1.807, 2.05) is 12.1 Å². The van der Waals surface area contributed by atoms with Gasteiger partial charge in [0.25, 0.3) is 0 Å². The predicted molar refractivity (Wildman–Crippen MR) is 76.6 cm³/mol. The van der Waals surface area contributed by atoms with Gasteiger partial charge in [0, 0.05) is 24.2 Å². The number of anilines is 1. The average Bonchev–Trinajstić information content (AvgIpc) is 3.26. The first-order valence-corrected chi connectivity index (χ1v) is 7.30. The second kappa shape index (κ2) is 4.58. The summed E-state index contributed by atoms with van der Waals surface area (Å²) < 4.78 is 0. The predicted octanol–water partition coefficient (Wildman–Crippen LogP) is 3.03. The van der Waals surface area contributed by atoms with Crippen molar-refractivity contribution in [3.8, 4) is 0 Å². The lowest BCUT2D eigenvalue weighted by Gasteiger charge is -2.26. The fraction of sp³-hybridized carbons (Fsp3) is 0.625. The van der Waals surface area contributed by atoms with Gasteiger partial charge in [-0.1, -0.05) is 19.1 Å². The van der Waals surface area contributed by atoms with Crippen LogP contribution in [-0.4, -0.2) is 24.5 Å². The molecule has 18 heavy (non-hydrogen) atoms. The number of nitrogens with zero attached hydrogens (tertiary/aromatic N) is 1. The van der Waals surface area contributed by atoms with E-state index in [9.17, 15) is 0 Å². The first-order chi connectivity index (χ1) is 8.72. The maximum atomic E-state index is 5.78. The van der Waals surface area contributed by atoms with Gasteiger partial charge in [-0.3, -0.25) is 0 Å². The van der Waals surface area contributed by atoms with Crippen LogP contribution in [-0.2, 0) is 5.41 Å². The molecule has 2 saturated carbocycles. The van der Waals surface area contributed by atoms with Crippen molar-refractivity contribution in [1.29, 1.82) is 0 Å². The molecule has 0 radical (unpaired) electrons. The number of benzene rings is 1. The van der Waals surface area contributed by atoms with Gasteiger partial charge in [-0.2, -0.15) is 0 Å². The minimum atomic E-state index is 0.443. The van der Waals surface area contributed by atoms with Crippen molar-refractivity contribution >= 4 is 5.69 Å². The second-order valence-electron chi connectivity index (χ2n) is 6.17. The molecule has 0 aliphatic heterocycles. The number of nitrogen functional groups attached to an aromatic ring is 1. The zero-order valence-electron chi connectivity index (χ0n) is 11.4. The number of hydrogen-bond donors (Lipinski definition) is 1. The standard InChI is InChI=1S/C16H24N2/c1-2-18(11-13-3-4-13)12-16(9-10-16)14-5-7-15(17)8-6-14/h5-8,13H,2-4,9-12,17H2,1H3. The molecule has 2 aliphatic carbocycles. The van der Waals surface area contributed by atoms with Crippen molar-refractivity contribution in [2.24, 2.45) is 5.92 Å². The zero-order valence-corrected chi connectivity index (χ0v) is 11.4. The Kier molecular flexibility index (Phi) is 3.06. The summed E-state index contributed by atoms with van der Waals surface area (Å²) >= 11 is 0. The van der Waals surface area contributed by atoms with Crippen LogP contribution in [0, 0.1) is 5.92 Å². The van der Waals surface area contributed by atoms with Crippen molar-refractivity contribution in [1.82, 2.24) is 4.90 Å². The molecule has 2 aliphatic rings. The molecule has 0 heterocycles. The smallest absolute Gasteiger partial charge is 0.0314 e. The third-order valence-electron chi connectivity index (χ3n) is 4.56. The monoisotopic (exact) mass is 244 g/mol.